The Labute approximate surface area is 119 Å². The van der Waals surface area contributed by atoms with Gasteiger partial charge in [0.1, 0.15) is 29.1 Å². The lowest BCUT2D eigenvalue weighted by atomic mass is 9.97. The van der Waals surface area contributed by atoms with Crippen molar-refractivity contribution in [2.75, 3.05) is 12.0 Å². The molecule has 5 nitrogen and oxygen atoms in total. The van der Waals surface area contributed by atoms with Gasteiger partial charge in [-0.05, 0) is 24.0 Å². The molecule has 1 heterocycles. The van der Waals surface area contributed by atoms with Crippen molar-refractivity contribution < 1.29 is 0 Å². The largest absolute Gasteiger partial charge is 0.384 e. The molecular formula is C14H10N4OS. The SMILES string of the molecule is CSc1ccc(-c2c(C#N)c(N)[nH]c(=O)c2C#N)cc1. The van der Waals surface area contributed by atoms with Crippen LogP contribution < -0.4 is 11.3 Å². The van der Waals surface area contributed by atoms with Gasteiger partial charge in [-0.2, -0.15) is 10.5 Å². The smallest absolute Gasteiger partial charge is 0.268 e. The minimum atomic E-state index is -0.590. The Hall–Kier alpha value is -2.70. The van der Waals surface area contributed by atoms with E-state index in [4.69, 9.17) is 11.0 Å². The number of thioether (sulfide) groups is 1. The van der Waals surface area contributed by atoms with Crippen molar-refractivity contribution in [2.24, 2.45) is 0 Å². The second-order valence-corrected chi connectivity index (χ2v) is 4.82. The molecular weight excluding hydrogens is 272 g/mol. The number of nitrogens with zero attached hydrogens (tertiary/aromatic N) is 2. The van der Waals surface area contributed by atoms with E-state index in [0.717, 1.165) is 4.90 Å². The van der Waals surface area contributed by atoms with E-state index in [1.807, 2.05) is 30.5 Å². The minimum absolute atomic E-state index is 0.0274. The molecule has 2 rings (SSSR count). The lowest BCUT2D eigenvalue weighted by molar-refractivity contribution is 1.21. The second-order valence-electron chi connectivity index (χ2n) is 3.94. The zero-order valence-corrected chi connectivity index (χ0v) is 11.4. The van der Waals surface area contributed by atoms with Gasteiger partial charge in [0.05, 0.1) is 0 Å². The molecule has 0 atom stereocenters. The number of nitrogen functional groups attached to an aromatic ring is 1. The van der Waals surface area contributed by atoms with Crippen LogP contribution in [0.5, 0.6) is 0 Å². The van der Waals surface area contributed by atoms with E-state index in [2.05, 4.69) is 4.98 Å². The van der Waals surface area contributed by atoms with Crippen LogP contribution in [0, 0.1) is 22.7 Å². The molecule has 1 aromatic carbocycles. The lowest BCUT2D eigenvalue weighted by Crippen LogP contribution is -2.16. The van der Waals surface area contributed by atoms with Crippen LogP contribution in [0.1, 0.15) is 11.1 Å². The normalized spacial score (nSPS) is 9.75. The first-order chi connectivity index (χ1) is 9.62. The zero-order valence-electron chi connectivity index (χ0n) is 10.6. The molecule has 0 saturated heterocycles. The third kappa shape index (κ3) is 2.25. The van der Waals surface area contributed by atoms with Gasteiger partial charge in [-0.1, -0.05) is 12.1 Å². The Kier molecular flexibility index (Phi) is 3.79. The van der Waals surface area contributed by atoms with Crippen LogP contribution in [0.15, 0.2) is 34.0 Å². The van der Waals surface area contributed by atoms with Gasteiger partial charge in [0, 0.05) is 10.5 Å². The molecule has 0 saturated carbocycles. The van der Waals surface area contributed by atoms with Crippen LogP contribution in [0.3, 0.4) is 0 Å². The number of benzene rings is 1. The highest BCUT2D eigenvalue weighted by Gasteiger charge is 2.17. The number of nitrogens with two attached hydrogens (primary N) is 1. The molecule has 0 fully saturated rings. The third-order valence-corrected chi connectivity index (χ3v) is 3.59. The number of aromatic nitrogens is 1. The number of anilines is 1. The standard InChI is InChI=1S/C14H10N4OS/c1-20-9-4-2-8(3-5-9)12-10(6-15)13(17)18-14(19)11(12)7-16/h2-5H,1H3,(H3,17,18,19). The van der Waals surface area contributed by atoms with Crippen LogP contribution in [0.25, 0.3) is 11.1 Å². The van der Waals surface area contributed by atoms with E-state index >= 15 is 0 Å². The predicted octanol–water partition coefficient (Wildman–Crippen LogP) is 2.09. The van der Waals surface area contributed by atoms with Crippen LogP contribution in [-0.2, 0) is 0 Å². The molecule has 0 aliphatic rings. The molecule has 0 amide bonds. The number of aromatic amines is 1. The summed E-state index contributed by atoms with van der Waals surface area (Å²) < 4.78 is 0. The summed E-state index contributed by atoms with van der Waals surface area (Å²) in [5.74, 6) is -0.0274. The molecule has 98 valence electrons. The van der Waals surface area contributed by atoms with Gasteiger partial charge < -0.3 is 10.7 Å². The summed E-state index contributed by atoms with van der Waals surface area (Å²) in [4.78, 5) is 15.1. The predicted molar refractivity (Wildman–Crippen MR) is 78.1 cm³/mol. The molecule has 0 aliphatic carbocycles. The number of hydrogen-bond donors (Lipinski definition) is 2. The molecule has 0 unspecified atom stereocenters. The fraction of sp³-hybridized carbons (Fsp3) is 0.0714. The van der Waals surface area contributed by atoms with Gasteiger partial charge in [-0.25, -0.2) is 0 Å². The molecule has 0 radical (unpaired) electrons. The summed E-state index contributed by atoms with van der Waals surface area (Å²) in [5, 5.41) is 18.4. The average molecular weight is 282 g/mol. The van der Waals surface area contributed by atoms with Crippen molar-refractivity contribution in [2.45, 2.75) is 4.90 Å². The summed E-state index contributed by atoms with van der Waals surface area (Å²) in [6.07, 6.45) is 1.95. The van der Waals surface area contributed by atoms with Crippen molar-refractivity contribution in [1.29, 1.82) is 10.5 Å². The van der Waals surface area contributed by atoms with Crippen LogP contribution in [-0.4, -0.2) is 11.2 Å². The molecule has 2 aromatic rings. The average Bonchev–Trinajstić information content (AvgIpc) is 2.46. The number of rotatable bonds is 2. The Morgan fingerprint density at radius 3 is 2.25 bits per heavy atom. The van der Waals surface area contributed by atoms with E-state index in [-0.39, 0.29) is 22.5 Å². The number of nitriles is 2. The molecule has 1 aromatic heterocycles. The van der Waals surface area contributed by atoms with Crippen molar-refractivity contribution in [3.05, 3.63) is 45.7 Å². The topological polar surface area (TPSA) is 106 Å². The highest BCUT2D eigenvalue weighted by molar-refractivity contribution is 7.98. The Morgan fingerprint density at radius 1 is 1.15 bits per heavy atom. The van der Waals surface area contributed by atoms with Gasteiger partial charge in [0.25, 0.3) is 5.56 Å². The number of nitrogens with one attached hydrogen (secondary N) is 1. The molecule has 3 N–H and O–H groups in total. The van der Waals surface area contributed by atoms with E-state index in [9.17, 15) is 10.1 Å². The van der Waals surface area contributed by atoms with E-state index in [1.165, 1.54) is 0 Å². The maximum Gasteiger partial charge on any atom is 0.268 e. The molecule has 0 spiro atoms. The van der Waals surface area contributed by atoms with E-state index in [0.29, 0.717) is 5.56 Å². The Bertz CT molecular complexity index is 794. The Morgan fingerprint density at radius 2 is 1.75 bits per heavy atom. The summed E-state index contributed by atoms with van der Waals surface area (Å²) in [6, 6.07) is 11.0. The molecule has 0 aliphatic heterocycles. The minimum Gasteiger partial charge on any atom is -0.384 e. The second kappa shape index (κ2) is 5.52. The van der Waals surface area contributed by atoms with Crippen LogP contribution in [0.2, 0.25) is 0 Å². The monoisotopic (exact) mass is 282 g/mol. The van der Waals surface area contributed by atoms with E-state index < -0.39 is 5.56 Å². The van der Waals surface area contributed by atoms with Crippen LogP contribution in [0.4, 0.5) is 5.82 Å². The molecule has 0 bridgehead atoms. The first-order valence-electron chi connectivity index (χ1n) is 5.62. The fourth-order valence-electron chi connectivity index (χ4n) is 1.89. The van der Waals surface area contributed by atoms with Crippen molar-refractivity contribution >= 4 is 17.6 Å². The quantitative estimate of drug-likeness (QED) is 0.820. The Balaban J connectivity index is 2.81. The van der Waals surface area contributed by atoms with Gasteiger partial charge in [0.2, 0.25) is 0 Å². The summed E-state index contributed by atoms with van der Waals surface area (Å²) in [5.41, 5.74) is 5.97. The first kappa shape index (κ1) is 13.7. The number of hydrogen-bond acceptors (Lipinski definition) is 5. The van der Waals surface area contributed by atoms with Crippen LogP contribution >= 0.6 is 11.8 Å². The third-order valence-electron chi connectivity index (χ3n) is 2.85. The maximum absolute atomic E-state index is 11.8. The highest BCUT2D eigenvalue weighted by atomic mass is 32.2. The van der Waals surface area contributed by atoms with Gasteiger partial charge in [-0.15, -0.1) is 11.8 Å². The number of H-pyrrole nitrogens is 1. The van der Waals surface area contributed by atoms with Crippen molar-refractivity contribution in [3.63, 3.8) is 0 Å². The fourth-order valence-corrected chi connectivity index (χ4v) is 2.30. The van der Waals surface area contributed by atoms with Crippen molar-refractivity contribution in [1.82, 2.24) is 4.98 Å². The lowest BCUT2D eigenvalue weighted by Gasteiger charge is -2.09. The maximum atomic E-state index is 11.8. The zero-order chi connectivity index (χ0) is 14.7. The molecule has 6 heteroatoms. The van der Waals surface area contributed by atoms with Gasteiger partial charge in [-0.3, -0.25) is 4.79 Å². The summed E-state index contributed by atoms with van der Waals surface area (Å²) >= 11 is 1.58. The first-order valence-corrected chi connectivity index (χ1v) is 6.85. The summed E-state index contributed by atoms with van der Waals surface area (Å²) in [6.45, 7) is 0. The van der Waals surface area contributed by atoms with Gasteiger partial charge in [0.15, 0.2) is 0 Å². The van der Waals surface area contributed by atoms with Crippen molar-refractivity contribution in [3.8, 4) is 23.3 Å². The molecule has 20 heavy (non-hydrogen) atoms. The number of pyridine rings is 1. The highest BCUT2D eigenvalue weighted by Crippen LogP contribution is 2.29. The van der Waals surface area contributed by atoms with Gasteiger partial charge >= 0.3 is 0 Å². The summed E-state index contributed by atoms with van der Waals surface area (Å²) in [7, 11) is 0. The van der Waals surface area contributed by atoms with E-state index in [1.54, 1.807) is 23.9 Å².